The van der Waals surface area contributed by atoms with Crippen molar-refractivity contribution >= 4 is 28.1 Å². The van der Waals surface area contributed by atoms with Crippen LogP contribution in [0, 0.1) is 11.3 Å². The number of hydrogen-bond donors (Lipinski definition) is 3. The molecule has 1 aromatic carbocycles. The molecule has 0 fully saturated rings. The summed E-state index contributed by atoms with van der Waals surface area (Å²) in [5.74, 6) is -0.208. The second kappa shape index (κ2) is 5.71. The van der Waals surface area contributed by atoms with Crippen molar-refractivity contribution in [1.29, 1.82) is 5.26 Å². The van der Waals surface area contributed by atoms with Crippen molar-refractivity contribution < 1.29 is 4.79 Å². The molecule has 108 valence electrons. The highest BCUT2D eigenvalue weighted by molar-refractivity contribution is 7.15. The number of anilines is 2. The Morgan fingerprint density at radius 2 is 2.14 bits per heavy atom. The first kappa shape index (κ1) is 13.9. The molecule has 0 saturated heterocycles. The Balaban J connectivity index is 1.93. The van der Waals surface area contributed by atoms with Gasteiger partial charge >= 0.3 is 0 Å². The topological polar surface area (TPSA) is 108 Å². The number of nitrogens with zero attached hydrogens (tertiary/aromatic N) is 2. The predicted octanol–water partition coefficient (Wildman–Crippen LogP) is 2.84. The monoisotopic (exact) mass is 309 g/mol. The predicted molar refractivity (Wildman–Crippen MR) is 85.4 cm³/mol. The molecule has 0 aliphatic rings. The van der Waals surface area contributed by atoms with Gasteiger partial charge in [0.05, 0.1) is 11.8 Å². The van der Waals surface area contributed by atoms with Crippen molar-refractivity contribution in [1.82, 2.24) is 10.2 Å². The third kappa shape index (κ3) is 2.43. The average Bonchev–Trinajstić information content (AvgIpc) is 3.14. The SMILES string of the molecule is N#Cc1c(-c2ccccc2)csc1NC(=O)c1cn[nH]c1N. The van der Waals surface area contributed by atoms with Crippen LogP contribution in [0.25, 0.3) is 11.1 Å². The molecule has 0 atom stereocenters. The van der Waals surface area contributed by atoms with E-state index < -0.39 is 5.91 Å². The molecule has 7 heteroatoms. The molecule has 0 bridgehead atoms. The molecule has 0 spiro atoms. The summed E-state index contributed by atoms with van der Waals surface area (Å²) in [6.45, 7) is 0. The summed E-state index contributed by atoms with van der Waals surface area (Å²) in [7, 11) is 0. The number of carbonyl (C=O) groups is 1. The number of nitrogens with one attached hydrogen (secondary N) is 2. The molecule has 0 radical (unpaired) electrons. The minimum atomic E-state index is -0.399. The molecule has 0 aliphatic carbocycles. The highest BCUT2D eigenvalue weighted by atomic mass is 32.1. The van der Waals surface area contributed by atoms with E-state index in [0.29, 0.717) is 10.6 Å². The summed E-state index contributed by atoms with van der Waals surface area (Å²) in [5.41, 5.74) is 8.03. The van der Waals surface area contributed by atoms with Gasteiger partial charge in [0.25, 0.3) is 5.91 Å². The lowest BCUT2D eigenvalue weighted by Gasteiger charge is -2.03. The lowest BCUT2D eigenvalue weighted by atomic mass is 10.1. The van der Waals surface area contributed by atoms with E-state index in [1.807, 2.05) is 35.7 Å². The fraction of sp³-hybridized carbons (Fsp3) is 0. The molecule has 4 N–H and O–H groups in total. The van der Waals surface area contributed by atoms with Crippen molar-refractivity contribution in [2.75, 3.05) is 11.1 Å². The molecule has 3 aromatic rings. The smallest absolute Gasteiger partial charge is 0.261 e. The number of amides is 1. The van der Waals surface area contributed by atoms with Crippen LogP contribution >= 0.6 is 11.3 Å². The first-order valence-electron chi connectivity index (χ1n) is 6.38. The molecule has 6 nitrogen and oxygen atoms in total. The second-order valence-corrected chi connectivity index (χ2v) is 5.36. The van der Waals surface area contributed by atoms with Gasteiger partial charge in [0, 0.05) is 10.9 Å². The van der Waals surface area contributed by atoms with Gasteiger partial charge in [-0.3, -0.25) is 9.89 Å². The largest absolute Gasteiger partial charge is 0.383 e. The van der Waals surface area contributed by atoms with Gasteiger partial charge in [-0.2, -0.15) is 10.4 Å². The Morgan fingerprint density at radius 3 is 2.77 bits per heavy atom. The van der Waals surface area contributed by atoms with E-state index >= 15 is 0 Å². The van der Waals surface area contributed by atoms with E-state index in [1.54, 1.807) is 0 Å². The quantitative estimate of drug-likeness (QED) is 0.691. The van der Waals surface area contributed by atoms with Crippen molar-refractivity contribution in [3.63, 3.8) is 0 Å². The molecule has 1 amide bonds. The number of benzene rings is 1. The zero-order valence-electron chi connectivity index (χ0n) is 11.3. The molecule has 0 saturated carbocycles. The van der Waals surface area contributed by atoms with E-state index in [1.165, 1.54) is 17.5 Å². The molecule has 2 aromatic heterocycles. The van der Waals surface area contributed by atoms with Crippen molar-refractivity contribution in [2.24, 2.45) is 0 Å². The van der Waals surface area contributed by atoms with Crippen LogP contribution in [0.3, 0.4) is 0 Å². The lowest BCUT2D eigenvalue weighted by molar-refractivity contribution is 0.102. The number of thiophene rings is 1. The number of aromatic nitrogens is 2. The number of nitriles is 1. The summed E-state index contributed by atoms with van der Waals surface area (Å²) in [6.07, 6.45) is 1.35. The van der Waals surface area contributed by atoms with Crippen LogP contribution in [-0.4, -0.2) is 16.1 Å². The van der Waals surface area contributed by atoms with Crippen LogP contribution in [0.15, 0.2) is 41.9 Å². The summed E-state index contributed by atoms with van der Waals surface area (Å²) in [6, 6.07) is 11.7. The first-order valence-corrected chi connectivity index (χ1v) is 7.26. The Morgan fingerprint density at radius 1 is 1.36 bits per heavy atom. The third-order valence-electron chi connectivity index (χ3n) is 3.13. The average molecular weight is 309 g/mol. The van der Waals surface area contributed by atoms with Crippen molar-refractivity contribution in [2.45, 2.75) is 0 Å². The molecule has 3 rings (SSSR count). The number of hydrogen-bond acceptors (Lipinski definition) is 5. The van der Waals surface area contributed by atoms with Gasteiger partial charge in [0.2, 0.25) is 0 Å². The van der Waals surface area contributed by atoms with Crippen LogP contribution < -0.4 is 11.1 Å². The molecule has 2 heterocycles. The highest BCUT2D eigenvalue weighted by Crippen LogP contribution is 2.35. The van der Waals surface area contributed by atoms with E-state index in [2.05, 4.69) is 21.6 Å². The fourth-order valence-electron chi connectivity index (χ4n) is 2.04. The summed E-state index contributed by atoms with van der Waals surface area (Å²) < 4.78 is 0. The van der Waals surface area contributed by atoms with Gasteiger partial charge in [-0.25, -0.2) is 0 Å². The van der Waals surface area contributed by atoms with Gasteiger partial charge < -0.3 is 11.1 Å². The maximum atomic E-state index is 12.2. The minimum Gasteiger partial charge on any atom is -0.383 e. The number of nitrogen functional groups attached to an aromatic ring is 1. The van der Waals surface area contributed by atoms with E-state index in [4.69, 9.17) is 5.73 Å². The molecule has 22 heavy (non-hydrogen) atoms. The van der Waals surface area contributed by atoms with Crippen molar-refractivity contribution in [3.8, 4) is 17.2 Å². The summed E-state index contributed by atoms with van der Waals surface area (Å²) in [4.78, 5) is 12.2. The van der Waals surface area contributed by atoms with Crippen LogP contribution in [-0.2, 0) is 0 Å². The minimum absolute atomic E-state index is 0.191. The fourth-order valence-corrected chi connectivity index (χ4v) is 2.95. The van der Waals surface area contributed by atoms with Gasteiger partial charge in [-0.15, -0.1) is 11.3 Å². The van der Waals surface area contributed by atoms with Crippen LogP contribution in [0.4, 0.5) is 10.8 Å². The number of rotatable bonds is 3. The number of H-pyrrole nitrogens is 1. The molecular formula is C15H11N5OS. The maximum absolute atomic E-state index is 12.2. The van der Waals surface area contributed by atoms with Gasteiger partial charge in [0.15, 0.2) is 0 Å². The third-order valence-corrected chi connectivity index (χ3v) is 4.02. The molecule has 0 aliphatic heterocycles. The Labute approximate surface area is 130 Å². The normalized spacial score (nSPS) is 10.1. The summed E-state index contributed by atoms with van der Waals surface area (Å²) in [5, 5.41) is 20.7. The standard InChI is InChI=1S/C15H11N5OS/c16-6-10-12(9-4-2-1-3-5-9)8-22-15(10)19-14(21)11-7-18-20-13(11)17/h1-5,7-8H,(H,19,21)(H3,17,18,20). The van der Waals surface area contributed by atoms with Crippen molar-refractivity contribution in [3.05, 3.63) is 53.0 Å². The Kier molecular flexibility index (Phi) is 3.60. The highest BCUT2D eigenvalue weighted by Gasteiger charge is 2.18. The van der Waals surface area contributed by atoms with E-state index in [9.17, 15) is 10.1 Å². The molecule has 0 unspecified atom stereocenters. The van der Waals surface area contributed by atoms with E-state index in [-0.39, 0.29) is 11.4 Å². The zero-order valence-corrected chi connectivity index (χ0v) is 12.1. The van der Waals surface area contributed by atoms with Gasteiger partial charge in [-0.1, -0.05) is 30.3 Å². The van der Waals surface area contributed by atoms with Crippen LogP contribution in [0.5, 0.6) is 0 Å². The first-order chi connectivity index (χ1) is 10.7. The maximum Gasteiger partial charge on any atom is 0.261 e. The molecular weight excluding hydrogens is 298 g/mol. The second-order valence-electron chi connectivity index (χ2n) is 4.48. The van der Waals surface area contributed by atoms with Crippen LogP contribution in [0.1, 0.15) is 15.9 Å². The number of carbonyl (C=O) groups excluding carboxylic acids is 1. The Bertz CT molecular complexity index is 860. The Hall–Kier alpha value is -3.11. The van der Waals surface area contributed by atoms with E-state index in [0.717, 1.165) is 11.1 Å². The number of aromatic amines is 1. The number of nitrogens with two attached hydrogens (primary N) is 1. The van der Waals surface area contributed by atoms with Gasteiger partial charge in [-0.05, 0) is 5.56 Å². The zero-order chi connectivity index (χ0) is 15.5. The van der Waals surface area contributed by atoms with Crippen LogP contribution in [0.2, 0.25) is 0 Å². The van der Waals surface area contributed by atoms with Gasteiger partial charge in [0.1, 0.15) is 22.5 Å². The lowest BCUT2D eigenvalue weighted by Crippen LogP contribution is -2.12. The summed E-state index contributed by atoms with van der Waals surface area (Å²) >= 11 is 1.30.